The summed E-state index contributed by atoms with van der Waals surface area (Å²) in [7, 11) is 0. The Morgan fingerprint density at radius 3 is 1.45 bits per heavy atom. The minimum atomic E-state index is -1.12. The fraction of sp³-hybridized carbons (Fsp3) is 0.692. The summed E-state index contributed by atoms with van der Waals surface area (Å²) >= 11 is 2.96. The number of Topliss-reactive ketones (excluding diaryl/α,β-unsaturated/α-hetero) is 2. The van der Waals surface area contributed by atoms with Crippen LogP contribution in [0, 0.1) is 5.92 Å². The molecule has 116 valence electrons. The molecule has 0 aliphatic heterocycles. The van der Waals surface area contributed by atoms with Crippen molar-refractivity contribution >= 4 is 39.4 Å². The molecule has 0 aromatic carbocycles. The van der Waals surface area contributed by atoms with E-state index < -0.39 is 17.9 Å². The van der Waals surface area contributed by atoms with Crippen LogP contribution >= 0.6 is 15.9 Å². The van der Waals surface area contributed by atoms with Crippen LogP contribution in [0.4, 0.5) is 0 Å². The van der Waals surface area contributed by atoms with Gasteiger partial charge in [0.05, 0.1) is 18.5 Å². The molecular formula is C13H21BrO6. The minimum absolute atomic E-state index is 0.169. The predicted octanol–water partition coefficient (Wildman–Crippen LogP) is 1.68. The molecule has 0 amide bonds. The lowest BCUT2D eigenvalue weighted by atomic mass is 10.0. The average Bonchev–Trinajstić information content (AvgIpc) is 2.36. The van der Waals surface area contributed by atoms with Crippen LogP contribution < -0.4 is 0 Å². The lowest BCUT2D eigenvalue weighted by molar-refractivity contribution is -0.163. The highest BCUT2D eigenvalue weighted by Crippen LogP contribution is 2.09. The Hall–Kier alpha value is -1.24. The van der Waals surface area contributed by atoms with E-state index in [1.807, 2.05) is 0 Å². The second-order valence-corrected chi connectivity index (χ2v) is 4.36. The molecule has 0 aromatic rings. The van der Waals surface area contributed by atoms with Crippen molar-refractivity contribution in [2.24, 2.45) is 5.92 Å². The lowest BCUT2D eigenvalue weighted by Gasteiger charge is -2.12. The van der Waals surface area contributed by atoms with Crippen LogP contribution in [0.15, 0.2) is 0 Å². The SMILES string of the molecule is CC(=O)CBr.CCOC(=O)C(CC(C)=O)C(=O)OCC. The first kappa shape index (κ1) is 21.1. The van der Waals surface area contributed by atoms with E-state index in [-0.39, 0.29) is 31.2 Å². The highest BCUT2D eigenvalue weighted by molar-refractivity contribution is 9.09. The second-order valence-electron chi connectivity index (χ2n) is 3.80. The molecule has 0 fully saturated rings. The van der Waals surface area contributed by atoms with E-state index in [1.54, 1.807) is 13.8 Å². The quantitative estimate of drug-likeness (QED) is 0.393. The van der Waals surface area contributed by atoms with Gasteiger partial charge in [-0.3, -0.25) is 19.2 Å². The lowest BCUT2D eigenvalue weighted by Crippen LogP contribution is -2.29. The van der Waals surface area contributed by atoms with Gasteiger partial charge >= 0.3 is 11.9 Å². The monoisotopic (exact) mass is 352 g/mol. The summed E-state index contributed by atoms with van der Waals surface area (Å²) < 4.78 is 9.36. The van der Waals surface area contributed by atoms with Crippen molar-refractivity contribution in [3.05, 3.63) is 0 Å². The van der Waals surface area contributed by atoms with Crippen LogP contribution in [0.2, 0.25) is 0 Å². The van der Waals surface area contributed by atoms with Crippen molar-refractivity contribution in [3.8, 4) is 0 Å². The third kappa shape index (κ3) is 11.8. The number of ketones is 2. The van der Waals surface area contributed by atoms with Crippen molar-refractivity contribution < 1.29 is 28.7 Å². The van der Waals surface area contributed by atoms with Gasteiger partial charge < -0.3 is 9.47 Å². The zero-order valence-corrected chi connectivity index (χ0v) is 13.8. The van der Waals surface area contributed by atoms with E-state index in [1.165, 1.54) is 13.8 Å². The van der Waals surface area contributed by atoms with E-state index in [0.717, 1.165) is 0 Å². The van der Waals surface area contributed by atoms with Crippen LogP contribution in [-0.4, -0.2) is 42.0 Å². The number of esters is 2. The molecule has 0 saturated heterocycles. The predicted molar refractivity (Wildman–Crippen MR) is 76.5 cm³/mol. The topological polar surface area (TPSA) is 86.7 Å². The van der Waals surface area contributed by atoms with E-state index >= 15 is 0 Å². The number of carbonyl (C=O) groups excluding carboxylic acids is 4. The normalized spacial score (nSPS) is 9.30. The molecule has 20 heavy (non-hydrogen) atoms. The smallest absolute Gasteiger partial charge is 0.320 e. The number of halogens is 1. The van der Waals surface area contributed by atoms with Gasteiger partial charge in [-0.1, -0.05) is 15.9 Å². The van der Waals surface area contributed by atoms with E-state index in [4.69, 9.17) is 0 Å². The maximum atomic E-state index is 11.3. The number of carbonyl (C=O) groups is 4. The molecule has 0 N–H and O–H groups in total. The van der Waals surface area contributed by atoms with Crippen molar-refractivity contribution in [2.45, 2.75) is 34.1 Å². The summed E-state index contributed by atoms with van der Waals surface area (Å²) in [5.41, 5.74) is 0. The van der Waals surface area contributed by atoms with E-state index in [0.29, 0.717) is 5.33 Å². The summed E-state index contributed by atoms with van der Waals surface area (Å²) in [6, 6.07) is 0. The third-order valence-corrected chi connectivity index (χ3v) is 2.61. The van der Waals surface area contributed by atoms with Gasteiger partial charge in [0.1, 0.15) is 11.6 Å². The zero-order chi connectivity index (χ0) is 16.1. The maximum Gasteiger partial charge on any atom is 0.320 e. The molecule has 0 rings (SSSR count). The first-order chi connectivity index (χ1) is 9.29. The van der Waals surface area contributed by atoms with Crippen LogP contribution in [0.1, 0.15) is 34.1 Å². The van der Waals surface area contributed by atoms with Crippen molar-refractivity contribution in [2.75, 3.05) is 18.5 Å². The molecule has 0 atom stereocenters. The molecule has 0 radical (unpaired) electrons. The Balaban J connectivity index is 0. The second kappa shape index (κ2) is 12.8. The summed E-state index contributed by atoms with van der Waals surface area (Å²) in [5, 5.41) is 0.479. The molecule has 0 unspecified atom stereocenters. The standard InChI is InChI=1S/C10H16O5.C3H5BrO/c1-4-14-9(12)8(6-7(3)11)10(13)15-5-2;1-3(5)2-4/h8H,4-6H2,1-3H3;2H2,1H3. The van der Waals surface area contributed by atoms with Gasteiger partial charge in [-0.25, -0.2) is 0 Å². The number of hydrogen-bond acceptors (Lipinski definition) is 6. The van der Waals surface area contributed by atoms with E-state index in [2.05, 4.69) is 25.4 Å². The third-order valence-electron chi connectivity index (χ3n) is 1.82. The van der Waals surface area contributed by atoms with Crippen LogP contribution in [0.3, 0.4) is 0 Å². The Bertz CT molecular complexity index is 322. The zero-order valence-electron chi connectivity index (χ0n) is 12.2. The molecule has 7 heteroatoms. The van der Waals surface area contributed by atoms with Crippen LogP contribution in [0.25, 0.3) is 0 Å². The minimum Gasteiger partial charge on any atom is -0.465 e. The van der Waals surface area contributed by atoms with Gasteiger partial charge in [0.15, 0.2) is 5.92 Å². The van der Waals surface area contributed by atoms with Gasteiger partial charge in [-0.05, 0) is 27.7 Å². The van der Waals surface area contributed by atoms with E-state index in [9.17, 15) is 19.2 Å². The molecule has 6 nitrogen and oxygen atoms in total. The molecule has 0 aliphatic carbocycles. The molecule has 0 aromatic heterocycles. The Morgan fingerprint density at radius 1 is 0.900 bits per heavy atom. The van der Waals surface area contributed by atoms with Crippen molar-refractivity contribution in [3.63, 3.8) is 0 Å². The Morgan fingerprint density at radius 2 is 1.25 bits per heavy atom. The Kier molecular flexibility index (Phi) is 13.5. The van der Waals surface area contributed by atoms with Gasteiger partial charge in [0.2, 0.25) is 0 Å². The highest BCUT2D eigenvalue weighted by atomic mass is 79.9. The van der Waals surface area contributed by atoms with Crippen LogP contribution in [-0.2, 0) is 28.7 Å². The van der Waals surface area contributed by atoms with Crippen LogP contribution in [0.5, 0.6) is 0 Å². The number of ether oxygens (including phenoxy) is 2. The molecular weight excluding hydrogens is 332 g/mol. The first-order valence-electron chi connectivity index (χ1n) is 6.18. The fourth-order valence-corrected chi connectivity index (χ4v) is 1.04. The molecule has 0 bridgehead atoms. The molecule has 0 heterocycles. The summed E-state index contributed by atoms with van der Waals surface area (Å²) in [6.07, 6.45) is -0.169. The van der Waals surface area contributed by atoms with Crippen molar-refractivity contribution in [1.82, 2.24) is 0 Å². The highest BCUT2D eigenvalue weighted by Gasteiger charge is 2.30. The maximum absolute atomic E-state index is 11.3. The summed E-state index contributed by atoms with van der Waals surface area (Å²) in [5.74, 6) is -2.61. The first-order valence-corrected chi connectivity index (χ1v) is 7.30. The van der Waals surface area contributed by atoms with Crippen molar-refractivity contribution in [1.29, 1.82) is 0 Å². The molecule has 0 spiro atoms. The van der Waals surface area contributed by atoms with Gasteiger partial charge in [-0.2, -0.15) is 0 Å². The number of alkyl halides is 1. The number of rotatable bonds is 7. The van der Waals surface area contributed by atoms with Gasteiger partial charge in [0.25, 0.3) is 0 Å². The summed E-state index contributed by atoms with van der Waals surface area (Å²) in [6.45, 7) is 6.46. The molecule has 0 saturated carbocycles. The molecule has 0 aliphatic rings. The largest absolute Gasteiger partial charge is 0.465 e. The summed E-state index contributed by atoms with van der Waals surface area (Å²) in [4.78, 5) is 43.3. The fourth-order valence-electron chi connectivity index (χ4n) is 1.04. The van der Waals surface area contributed by atoms with Gasteiger partial charge in [0, 0.05) is 6.42 Å². The number of hydrogen-bond donors (Lipinski definition) is 0. The van der Waals surface area contributed by atoms with Gasteiger partial charge in [-0.15, -0.1) is 0 Å². The Labute approximate surface area is 127 Å². The average molecular weight is 353 g/mol.